The first-order valence-corrected chi connectivity index (χ1v) is 8.46. The zero-order valence-corrected chi connectivity index (χ0v) is 14.1. The van der Waals surface area contributed by atoms with Crippen LogP contribution < -0.4 is 0 Å². The largest absolute Gasteiger partial charge is 0.274 e. The molecule has 0 spiro atoms. The lowest BCUT2D eigenvalue weighted by atomic mass is 10.0. The van der Waals surface area contributed by atoms with Crippen LogP contribution in [-0.4, -0.2) is 30.0 Å². The van der Waals surface area contributed by atoms with E-state index in [0.29, 0.717) is 10.9 Å². The summed E-state index contributed by atoms with van der Waals surface area (Å²) in [6, 6.07) is 10.5. The Morgan fingerprint density at radius 2 is 2.00 bits per heavy atom. The molecule has 6 nitrogen and oxygen atoms in total. The molecule has 0 atom stereocenters. The first kappa shape index (κ1) is 14.7. The average Bonchev–Trinajstić information content (AvgIpc) is 3.18. The van der Waals surface area contributed by atoms with Gasteiger partial charge in [0.05, 0.1) is 17.5 Å². The molecule has 0 aliphatic carbocycles. The van der Waals surface area contributed by atoms with Crippen LogP contribution in [0.15, 0.2) is 41.8 Å². The molecule has 7 heteroatoms. The number of hydrogen-bond acceptors (Lipinski definition) is 5. The molecule has 118 valence electrons. The Morgan fingerprint density at radius 1 is 1.12 bits per heavy atom. The smallest absolute Gasteiger partial charge is 0.196 e. The number of rotatable bonds is 3. The standard InChI is InChI=1S/C17H14N6S/c1-11-3-4-13(9-12(11)2)14-10-15-16-19-20-17(24-8-5-18)22(16)6-7-23(15)21-14/h3-4,6-7,9-10H,8H2,1-2H3. The Hall–Kier alpha value is -2.85. The Labute approximate surface area is 142 Å². The average molecular weight is 334 g/mol. The number of thioether (sulfide) groups is 1. The van der Waals surface area contributed by atoms with Gasteiger partial charge in [0.2, 0.25) is 0 Å². The minimum atomic E-state index is 0.346. The van der Waals surface area contributed by atoms with Gasteiger partial charge in [0.1, 0.15) is 5.52 Å². The Bertz CT molecular complexity index is 1100. The van der Waals surface area contributed by atoms with Crippen LogP contribution in [0.4, 0.5) is 0 Å². The van der Waals surface area contributed by atoms with E-state index >= 15 is 0 Å². The highest BCUT2D eigenvalue weighted by atomic mass is 32.2. The van der Waals surface area contributed by atoms with Crippen molar-refractivity contribution in [2.75, 3.05) is 5.75 Å². The molecule has 24 heavy (non-hydrogen) atoms. The maximum atomic E-state index is 8.74. The van der Waals surface area contributed by atoms with Crippen molar-refractivity contribution in [2.45, 2.75) is 19.0 Å². The molecule has 0 unspecified atom stereocenters. The molecule has 1 aromatic carbocycles. The predicted octanol–water partition coefficient (Wildman–Crippen LogP) is 3.28. The van der Waals surface area contributed by atoms with Gasteiger partial charge in [-0.25, -0.2) is 4.52 Å². The minimum Gasteiger partial charge on any atom is -0.274 e. The molecular weight excluding hydrogens is 320 g/mol. The highest BCUT2D eigenvalue weighted by molar-refractivity contribution is 7.99. The second kappa shape index (κ2) is 5.65. The molecule has 0 amide bonds. The van der Waals surface area contributed by atoms with Crippen molar-refractivity contribution in [2.24, 2.45) is 0 Å². The van der Waals surface area contributed by atoms with Crippen LogP contribution in [0.1, 0.15) is 11.1 Å². The maximum absolute atomic E-state index is 8.74. The highest BCUT2D eigenvalue weighted by Gasteiger charge is 2.13. The highest BCUT2D eigenvalue weighted by Crippen LogP contribution is 2.25. The van der Waals surface area contributed by atoms with Crippen LogP contribution in [0.25, 0.3) is 22.4 Å². The zero-order valence-electron chi connectivity index (χ0n) is 13.3. The quantitative estimate of drug-likeness (QED) is 0.538. The molecule has 0 aliphatic rings. The van der Waals surface area contributed by atoms with E-state index in [0.717, 1.165) is 22.4 Å². The van der Waals surface area contributed by atoms with Gasteiger partial charge in [-0.2, -0.15) is 10.4 Å². The summed E-state index contributed by atoms with van der Waals surface area (Å²) in [5, 5.41) is 22.5. The van der Waals surface area contributed by atoms with Gasteiger partial charge in [-0.05, 0) is 37.1 Å². The third-order valence-corrected chi connectivity index (χ3v) is 4.86. The van der Waals surface area contributed by atoms with Crippen molar-refractivity contribution >= 4 is 22.9 Å². The fraction of sp³-hybridized carbons (Fsp3) is 0.176. The van der Waals surface area contributed by atoms with Gasteiger partial charge in [0, 0.05) is 18.0 Å². The van der Waals surface area contributed by atoms with E-state index < -0.39 is 0 Å². The van der Waals surface area contributed by atoms with Gasteiger partial charge < -0.3 is 0 Å². The first-order chi connectivity index (χ1) is 11.7. The summed E-state index contributed by atoms with van der Waals surface area (Å²) in [7, 11) is 0. The Kier molecular flexibility index (Phi) is 3.47. The lowest BCUT2D eigenvalue weighted by Crippen LogP contribution is -1.94. The predicted molar refractivity (Wildman–Crippen MR) is 93.0 cm³/mol. The van der Waals surface area contributed by atoms with E-state index in [9.17, 15) is 0 Å². The molecule has 0 aliphatic heterocycles. The van der Waals surface area contributed by atoms with Crippen LogP contribution in [0.5, 0.6) is 0 Å². The number of aromatic nitrogens is 5. The number of nitriles is 1. The van der Waals surface area contributed by atoms with Crippen molar-refractivity contribution in [1.29, 1.82) is 5.26 Å². The molecule has 0 bridgehead atoms. The molecule has 0 radical (unpaired) electrons. The molecule has 4 rings (SSSR count). The van der Waals surface area contributed by atoms with E-state index in [1.54, 1.807) is 0 Å². The Balaban J connectivity index is 1.86. The molecule has 0 saturated heterocycles. The number of aryl methyl sites for hydroxylation is 2. The van der Waals surface area contributed by atoms with Gasteiger partial charge >= 0.3 is 0 Å². The third kappa shape index (κ3) is 2.32. The number of fused-ring (bicyclic) bond motifs is 3. The fourth-order valence-electron chi connectivity index (χ4n) is 2.63. The van der Waals surface area contributed by atoms with Crippen molar-refractivity contribution in [3.05, 3.63) is 47.8 Å². The van der Waals surface area contributed by atoms with Gasteiger partial charge in [-0.15, -0.1) is 10.2 Å². The van der Waals surface area contributed by atoms with E-state index in [-0.39, 0.29) is 0 Å². The Morgan fingerprint density at radius 3 is 2.79 bits per heavy atom. The van der Waals surface area contributed by atoms with Crippen LogP contribution in [0, 0.1) is 25.2 Å². The van der Waals surface area contributed by atoms with E-state index in [4.69, 9.17) is 5.26 Å². The van der Waals surface area contributed by atoms with Crippen LogP contribution in [0.3, 0.4) is 0 Å². The topological polar surface area (TPSA) is 71.3 Å². The van der Waals surface area contributed by atoms with Gasteiger partial charge in [-0.3, -0.25) is 4.40 Å². The van der Waals surface area contributed by atoms with E-state index in [1.165, 1.54) is 22.9 Å². The lowest BCUT2D eigenvalue weighted by Gasteiger charge is -2.01. The van der Waals surface area contributed by atoms with E-state index in [2.05, 4.69) is 53.4 Å². The summed E-state index contributed by atoms with van der Waals surface area (Å²) < 4.78 is 3.70. The SMILES string of the molecule is Cc1ccc(-c2cc3c4nnc(SCC#N)n4ccn3n2)cc1C. The second-order valence-corrected chi connectivity index (χ2v) is 6.52. The number of benzene rings is 1. The van der Waals surface area contributed by atoms with Crippen LogP contribution in [-0.2, 0) is 0 Å². The van der Waals surface area contributed by atoms with Crippen molar-refractivity contribution in [1.82, 2.24) is 24.2 Å². The molecule has 0 N–H and O–H groups in total. The maximum Gasteiger partial charge on any atom is 0.196 e. The lowest BCUT2D eigenvalue weighted by molar-refractivity contribution is 0.897. The fourth-order valence-corrected chi connectivity index (χ4v) is 3.21. The van der Waals surface area contributed by atoms with Crippen LogP contribution >= 0.6 is 11.8 Å². The zero-order chi connectivity index (χ0) is 16.7. The molecular formula is C17H14N6S. The summed E-state index contributed by atoms with van der Waals surface area (Å²) in [5.74, 6) is 0.346. The molecule has 0 fully saturated rings. The van der Waals surface area contributed by atoms with Gasteiger partial charge in [0.25, 0.3) is 0 Å². The first-order valence-electron chi connectivity index (χ1n) is 7.48. The summed E-state index contributed by atoms with van der Waals surface area (Å²) in [6.07, 6.45) is 3.76. The number of nitrogens with zero attached hydrogens (tertiary/aromatic N) is 6. The normalized spacial score (nSPS) is 11.2. The van der Waals surface area contributed by atoms with Crippen molar-refractivity contribution in [3.63, 3.8) is 0 Å². The minimum absolute atomic E-state index is 0.346. The summed E-state index contributed by atoms with van der Waals surface area (Å²) in [5.41, 5.74) is 6.12. The second-order valence-electron chi connectivity index (χ2n) is 5.58. The van der Waals surface area contributed by atoms with Crippen LogP contribution in [0.2, 0.25) is 0 Å². The monoisotopic (exact) mass is 334 g/mol. The van der Waals surface area contributed by atoms with Crippen molar-refractivity contribution < 1.29 is 0 Å². The summed E-state index contributed by atoms with van der Waals surface area (Å²) in [6.45, 7) is 4.20. The van der Waals surface area contributed by atoms with Gasteiger partial charge in [0.15, 0.2) is 10.8 Å². The van der Waals surface area contributed by atoms with Gasteiger partial charge in [-0.1, -0.05) is 23.9 Å². The number of hydrogen-bond donors (Lipinski definition) is 0. The summed E-state index contributed by atoms with van der Waals surface area (Å²) in [4.78, 5) is 0. The molecule has 4 aromatic rings. The summed E-state index contributed by atoms with van der Waals surface area (Å²) >= 11 is 1.37. The molecule has 0 saturated carbocycles. The third-order valence-electron chi connectivity index (χ3n) is 4.05. The van der Waals surface area contributed by atoms with Crippen molar-refractivity contribution in [3.8, 4) is 17.3 Å². The van der Waals surface area contributed by atoms with E-state index in [1.807, 2.05) is 27.4 Å². The molecule has 3 heterocycles. The molecule has 3 aromatic heterocycles.